The van der Waals surface area contributed by atoms with Crippen LogP contribution in [0, 0.1) is 0 Å². The molecular formula is C8H10IN4O2-. The lowest BCUT2D eigenvalue weighted by molar-refractivity contribution is -0.00000323. The van der Waals surface area contributed by atoms with Gasteiger partial charge >= 0.3 is 5.69 Å². The minimum atomic E-state index is -0.360. The van der Waals surface area contributed by atoms with Gasteiger partial charge in [-0.25, -0.2) is 9.78 Å². The lowest BCUT2D eigenvalue weighted by Gasteiger charge is -2.02. The highest BCUT2D eigenvalue weighted by Crippen LogP contribution is 2.01. The maximum atomic E-state index is 11.7. The van der Waals surface area contributed by atoms with E-state index in [1.54, 1.807) is 18.7 Å². The first-order valence-electron chi connectivity index (χ1n) is 4.11. The van der Waals surface area contributed by atoms with Crippen molar-refractivity contribution in [1.29, 1.82) is 0 Å². The van der Waals surface area contributed by atoms with Gasteiger partial charge in [-0.05, 0) is 0 Å². The van der Waals surface area contributed by atoms with Crippen LogP contribution in [0.5, 0.6) is 0 Å². The second-order valence-corrected chi connectivity index (χ2v) is 3.23. The van der Waals surface area contributed by atoms with Gasteiger partial charge in [0.15, 0.2) is 11.2 Å². The lowest BCUT2D eigenvalue weighted by atomic mass is 10.5. The highest BCUT2D eigenvalue weighted by molar-refractivity contribution is 5.69. The average molecular weight is 321 g/mol. The molecule has 0 saturated carbocycles. The van der Waals surface area contributed by atoms with Gasteiger partial charge in [-0.1, -0.05) is 0 Å². The van der Waals surface area contributed by atoms with E-state index in [0.717, 1.165) is 4.57 Å². The molecule has 2 heterocycles. The molecule has 0 aliphatic rings. The maximum Gasteiger partial charge on any atom is 0.332 e. The molecule has 0 spiro atoms. The Bertz CT molecular complexity index is 622. The van der Waals surface area contributed by atoms with Gasteiger partial charge in [-0.15, -0.1) is 0 Å². The van der Waals surface area contributed by atoms with E-state index in [-0.39, 0.29) is 35.2 Å². The highest BCUT2D eigenvalue weighted by Gasteiger charge is 2.11. The third kappa shape index (κ3) is 1.50. The summed E-state index contributed by atoms with van der Waals surface area (Å²) in [4.78, 5) is 27.2. The summed E-state index contributed by atoms with van der Waals surface area (Å²) in [6.07, 6.45) is 1.52. The first kappa shape index (κ1) is 12.0. The summed E-state index contributed by atoms with van der Waals surface area (Å²) in [5.74, 6) is 0. The quantitative estimate of drug-likeness (QED) is 0.465. The van der Waals surface area contributed by atoms with E-state index in [4.69, 9.17) is 0 Å². The summed E-state index contributed by atoms with van der Waals surface area (Å²) in [7, 11) is 4.77. The number of hydrogen-bond acceptors (Lipinski definition) is 3. The molecule has 0 bridgehead atoms. The van der Waals surface area contributed by atoms with E-state index in [1.165, 1.54) is 17.9 Å². The molecule has 7 heteroatoms. The molecule has 15 heavy (non-hydrogen) atoms. The highest BCUT2D eigenvalue weighted by atomic mass is 127. The zero-order valence-electron chi connectivity index (χ0n) is 8.56. The smallest absolute Gasteiger partial charge is 0.332 e. The van der Waals surface area contributed by atoms with Crippen LogP contribution < -0.4 is 35.2 Å². The van der Waals surface area contributed by atoms with Crippen LogP contribution in [-0.4, -0.2) is 18.7 Å². The monoisotopic (exact) mass is 321 g/mol. The topological polar surface area (TPSA) is 61.8 Å². The van der Waals surface area contributed by atoms with Gasteiger partial charge < -0.3 is 28.5 Å². The number of rotatable bonds is 0. The van der Waals surface area contributed by atoms with Crippen molar-refractivity contribution >= 4 is 11.2 Å². The molecule has 2 aromatic rings. The Kier molecular flexibility index (Phi) is 3.03. The van der Waals surface area contributed by atoms with E-state index < -0.39 is 0 Å². The van der Waals surface area contributed by atoms with E-state index in [1.807, 2.05) is 0 Å². The fraction of sp³-hybridized carbons (Fsp3) is 0.375. The van der Waals surface area contributed by atoms with Crippen molar-refractivity contribution in [2.45, 2.75) is 0 Å². The second-order valence-electron chi connectivity index (χ2n) is 3.23. The molecule has 0 unspecified atom stereocenters. The van der Waals surface area contributed by atoms with Gasteiger partial charge in [0, 0.05) is 21.1 Å². The standard InChI is InChI=1S/C8H10N4O2.HI/c1-10-4-9-6-5(10)7(13)12(3)8(14)11(6)2;/h4H,1-3H3;1H/p-1. The molecule has 0 fully saturated rings. The molecule has 0 atom stereocenters. The number of aryl methyl sites for hydroxylation is 2. The number of aromatic nitrogens is 4. The Morgan fingerprint density at radius 3 is 2.33 bits per heavy atom. The second kappa shape index (κ2) is 3.80. The van der Waals surface area contributed by atoms with Crippen LogP contribution in [0.15, 0.2) is 15.9 Å². The number of hydrogen-bond donors (Lipinski definition) is 0. The predicted octanol–water partition coefficient (Wildman–Crippen LogP) is -4.03. The first-order chi connectivity index (χ1) is 6.54. The number of imidazole rings is 1. The van der Waals surface area contributed by atoms with Gasteiger partial charge in [0.25, 0.3) is 5.56 Å². The van der Waals surface area contributed by atoms with Crippen LogP contribution in [0.2, 0.25) is 0 Å². The minimum Gasteiger partial charge on any atom is -1.00 e. The third-order valence-corrected chi connectivity index (χ3v) is 2.32. The van der Waals surface area contributed by atoms with Crippen LogP contribution in [0.25, 0.3) is 11.2 Å². The fourth-order valence-corrected chi connectivity index (χ4v) is 1.47. The van der Waals surface area contributed by atoms with E-state index in [9.17, 15) is 9.59 Å². The van der Waals surface area contributed by atoms with Crippen molar-refractivity contribution < 1.29 is 24.0 Å². The van der Waals surface area contributed by atoms with E-state index in [0.29, 0.717) is 11.2 Å². The Hall–Kier alpha value is -1.12. The molecule has 0 N–H and O–H groups in total. The maximum absolute atomic E-state index is 11.7. The molecule has 2 rings (SSSR count). The Morgan fingerprint density at radius 2 is 1.73 bits per heavy atom. The Morgan fingerprint density at radius 1 is 1.13 bits per heavy atom. The molecule has 0 radical (unpaired) electrons. The van der Waals surface area contributed by atoms with Gasteiger partial charge in [0.1, 0.15) is 0 Å². The first-order valence-corrected chi connectivity index (χ1v) is 4.11. The summed E-state index contributed by atoms with van der Waals surface area (Å²) >= 11 is 0. The lowest BCUT2D eigenvalue weighted by Crippen LogP contribution is -3.00. The molecular weight excluding hydrogens is 311 g/mol. The molecule has 0 aliphatic carbocycles. The summed E-state index contributed by atoms with van der Waals surface area (Å²) in [6.45, 7) is 0. The largest absolute Gasteiger partial charge is 1.00 e. The van der Waals surface area contributed by atoms with Crippen molar-refractivity contribution in [2.24, 2.45) is 21.1 Å². The predicted molar refractivity (Wildman–Crippen MR) is 51.2 cm³/mol. The van der Waals surface area contributed by atoms with Gasteiger partial charge in [0.2, 0.25) is 0 Å². The Balaban J connectivity index is 0.00000112. The summed E-state index contributed by atoms with van der Waals surface area (Å²) in [5, 5.41) is 0. The Labute approximate surface area is 102 Å². The number of halogens is 1. The summed E-state index contributed by atoms with van der Waals surface area (Å²) in [5.41, 5.74) is 0.180. The zero-order chi connectivity index (χ0) is 10.5. The number of nitrogens with zero attached hydrogens (tertiary/aromatic N) is 4. The van der Waals surface area contributed by atoms with Crippen molar-refractivity contribution in [2.75, 3.05) is 0 Å². The molecule has 0 aromatic carbocycles. The molecule has 2 aromatic heterocycles. The van der Waals surface area contributed by atoms with E-state index in [2.05, 4.69) is 4.98 Å². The van der Waals surface area contributed by atoms with Crippen molar-refractivity contribution in [3.05, 3.63) is 27.2 Å². The van der Waals surface area contributed by atoms with Crippen LogP contribution >= 0.6 is 0 Å². The van der Waals surface area contributed by atoms with Crippen LogP contribution in [0.1, 0.15) is 0 Å². The van der Waals surface area contributed by atoms with Crippen LogP contribution in [0.4, 0.5) is 0 Å². The molecule has 0 aliphatic heterocycles. The molecule has 6 nitrogen and oxygen atoms in total. The molecule has 82 valence electrons. The minimum absolute atomic E-state index is 0. The molecule has 0 amide bonds. The van der Waals surface area contributed by atoms with Crippen molar-refractivity contribution in [1.82, 2.24) is 18.7 Å². The zero-order valence-corrected chi connectivity index (χ0v) is 10.7. The van der Waals surface area contributed by atoms with Crippen molar-refractivity contribution in [3.8, 4) is 0 Å². The van der Waals surface area contributed by atoms with Gasteiger partial charge in [0.05, 0.1) is 6.33 Å². The van der Waals surface area contributed by atoms with E-state index >= 15 is 0 Å². The SMILES string of the molecule is Cn1c(=O)c2c(ncn2C)n(C)c1=O.[I-]. The van der Waals surface area contributed by atoms with Gasteiger partial charge in [-0.2, -0.15) is 0 Å². The number of fused-ring (bicyclic) bond motifs is 1. The van der Waals surface area contributed by atoms with Crippen LogP contribution in [-0.2, 0) is 21.1 Å². The normalized spacial score (nSPS) is 10.3. The average Bonchev–Trinajstić information content (AvgIpc) is 2.54. The van der Waals surface area contributed by atoms with Crippen molar-refractivity contribution in [3.63, 3.8) is 0 Å². The van der Waals surface area contributed by atoms with Crippen LogP contribution in [0.3, 0.4) is 0 Å². The van der Waals surface area contributed by atoms with Gasteiger partial charge in [-0.3, -0.25) is 13.9 Å². The summed E-state index contributed by atoms with van der Waals surface area (Å²) < 4.78 is 4.04. The fourth-order valence-electron chi connectivity index (χ4n) is 1.47. The molecule has 0 saturated heterocycles. The summed E-state index contributed by atoms with van der Waals surface area (Å²) in [6, 6.07) is 0. The third-order valence-electron chi connectivity index (χ3n) is 2.32.